The Morgan fingerprint density at radius 2 is 1.38 bits per heavy atom. The van der Waals surface area contributed by atoms with Crippen LogP contribution in [0.4, 0.5) is 0 Å². The maximum Gasteiger partial charge on any atom is 0.225 e. The van der Waals surface area contributed by atoms with Crippen LogP contribution in [0.1, 0.15) is 82.4 Å². The van der Waals surface area contributed by atoms with Crippen molar-refractivity contribution in [1.82, 2.24) is 16.0 Å². The monoisotopic (exact) mass is 1110 g/mol. The fourth-order valence-corrected chi connectivity index (χ4v) is 13.0. The van der Waals surface area contributed by atoms with E-state index in [4.69, 9.17) is 17.2 Å². The molecule has 1 aliphatic rings. The van der Waals surface area contributed by atoms with Gasteiger partial charge in [-0.25, -0.2) is 0 Å². The molecule has 1 saturated heterocycles. The van der Waals surface area contributed by atoms with E-state index in [2.05, 4.69) is 16.0 Å². The Morgan fingerprint density at radius 3 is 2.08 bits per heavy atom. The number of benzene rings is 4. The largest absolute Gasteiger partial charge is 0.508 e. The number of carbonyl (C=O) groups excluding carboxylic acids is 8. The molecule has 6 rings (SSSR count). The highest BCUT2D eigenvalue weighted by atomic mass is 33.1. The smallest absolute Gasteiger partial charge is 0.225 e. The van der Waals surface area contributed by atoms with E-state index >= 15 is 4.79 Å². The molecule has 2 heterocycles. The third-order valence-electron chi connectivity index (χ3n) is 14.3. The van der Waals surface area contributed by atoms with Gasteiger partial charge in [0, 0.05) is 53.7 Å². The van der Waals surface area contributed by atoms with E-state index < -0.39 is 113 Å². The number of aromatic hydroxyl groups is 1. The average Bonchev–Trinajstić information content (AvgIpc) is 3.81. The second-order valence-corrected chi connectivity index (χ2v) is 24.0. The summed E-state index contributed by atoms with van der Waals surface area (Å²) in [5, 5.41) is 34.1. The van der Waals surface area contributed by atoms with Gasteiger partial charge in [0.1, 0.15) is 5.75 Å². The van der Waals surface area contributed by atoms with Crippen LogP contribution in [-0.2, 0) is 57.6 Å². The molecule has 11 N–H and O–H groups in total. The summed E-state index contributed by atoms with van der Waals surface area (Å²) in [6, 6.07) is 22.9. The van der Waals surface area contributed by atoms with Crippen LogP contribution in [0.3, 0.4) is 0 Å². The molecule has 4 aromatic carbocycles. The lowest BCUT2D eigenvalue weighted by molar-refractivity contribution is -0.136. The number of phenols is 1. The zero-order valence-electron chi connectivity index (χ0n) is 43.8. The Bertz CT molecular complexity index is 2880. The van der Waals surface area contributed by atoms with Gasteiger partial charge in [0.15, 0.2) is 23.1 Å². The van der Waals surface area contributed by atoms with Crippen LogP contribution in [0.2, 0.25) is 0 Å². The lowest BCUT2D eigenvalue weighted by atomic mass is 9.86. The van der Waals surface area contributed by atoms with E-state index in [0.717, 1.165) is 53.6 Å². The van der Waals surface area contributed by atoms with E-state index in [1.165, 1.54) is 30.4 Å². The van der Waals surface area contributed by atoms with Crippen LogP contribution >= 0.6 is 32.9 Å². The molecular formula is C58H72N6O10S3. The first-order chi connectivity index (χ1) is 36.8. The van der Waals surface area contributed by atoms with Crippen LogP contribution in [0, 0.1) is 29.6 Å². The predicted octanol–water partition coefficient (Wildman–Crippen LogP) is 5.92. The maximum absolute atomic E-state index is 15.0. The fourth-order valence-electron chi connectivity index (χ4n) is 9.55. The summed E-state index contributed by atoms with van der Waals surface area (Å²) in [5.74, 6) is -9.64. The number of aliphatic hydroxyl groups is 1. The second-order valence-electron chi connectivity index (χ2n) is 20.5. The molecule has 4 amide bonds. The first kappa shape index (κ1) is 60.3. The molecule has 1 aromatic heterocycles. The van der Waals surface area contributed by atoms with Crippen molar-refractivity contribution in [1.29, 1.82) is 0 Å². The summed E-state index contributed by atoms with van der Waals surface area (Å²) in [4.78, 5) is 114. The van der Waals surface area contributed by atoms with Crippen LogP contribution in [-0.4, -0.2) is 105 Å². The SMILES string of the molecule is CC(C)[C@@H]1CC(=O)[C@H](CCCCN)NC(=O)[C@@H](Cc2csc3ccccc23)CC(=O)[C@H](Cc2ccc(O)cc2)NC(=O)[C@@H](CC(=O)[C@H](N)Cc2ccc3ccccc3c2)CSSC[C@@H](C(=O)C[C@H](C(N)=O)C(C)O)NC1=O. The maximum atomic E-state index is 15.0. The Balaban J connectivity index is 1.39. The Kier molecular flexibility index (Phi) is 22.8. The predicted molar refractivity (Wildman–Crippen MR) is 305 cm³/mol. The lowest BCUT2D eigenvalue weighted by Crippen LogP contribution is -2.50. The van der Waals surface area contributed by atoms with Gasteiger partial charge < -0.3 is 43.4 Å². The molecule has 412 valence electrons. The van der Waals surface area contributed by atoms with Crippen molar-refractivity contribution < 1.29 is 48.6 Å². The first-order valence-electron chi connectivity index (χ1n) is 26.2. The highest BCUT2D eigenvalue weighted by molar-refractivity contribution is 8.76. The quantitative estimate of drug-likeness (QED) is 0.0352. The van der Waals surface area contributed by atoms with Crippen LogP contribution < -0.4 is 33.2 Å². The number of unbranched alkanes of at least 4 members (excludes halogenated alkanes) is 1. The van der Waals surface area contributed by atoms with Gasteiger partial charge in [-0.05, 0) is 114 Å². The minimum absolute atomic E-state index is 0.0115. The van der Waals surface area contributed by atoms with Crippen molar-refractivity contribution >= 4 is 101 Å². The molecule has 9 atom stereocenters. The number of aliphatic hydroxyl groups excluding tert-OH is 1. The van der Waals surface area contributed by atoms with Gasteiger partial charge in [-0.3, -0.25) is 38.4 Å². The van der Waals surface area contributed by atoms with Gasteiger partial charge in [-0.2, -0.15) is 0 Å². The number of primary amides is 1. The van der Waals surface area contributed by atoms with Gasteiger partial charge in [-0.15, -0.1) is 11.3 Å². The van der Waals surface area contributed by atoms with Gasteiger partial charge in [-0.1, -0.05) is 108 Å². The molecule has 1 unspecified atom stereocenters. The highest BCUT2D eigenvalue weighted by Gasteiger charge is 2.37. The van der Waals surface area contributed by atoms with Crippen molar-refractivity contribution in [2.45, 2.75) is 115 Å². The molecule has 0 radical (unpaired) electrons. The van der Waals surface area contributed by atoms with Gasteiger partial charge in [0.25, 0.3) is 0 Å². The summed E-state index contributed by atoms with van der Waals surface area (Å²) in [6.07, 6.45) is -1.35. The van der Waals surface area contributed by atoms with Gasteiger partial charge in [0.05, 0.1) is 42.1 Å². The van der Waals surface area contributed by atoms with E-state index in [1.807, 2.05) is 72.1 Å². The van der Waals surface area contributed by atoms with Crippen molar-refractivity contribution in [2.24, 2.45) is 46.8 Å². The van der Waals surface area contributed by atoms with E-state index in [-0.39, 0.29) is 62.2 Å². The van der Waals surface area contributed by atoms with Crippen molar-refractivity contribution in [2.75, 3.05) is 18.1 Å². The highest BCUT2D eigenvalue weighted by Crippen LogP contribution is 2.31. The summed E-state index contributed by atoms with van der Waals surface area (Å²) in [7, 11) is 2.27. The number of phenolic OH excluding ortho intramolecular Hbond substituents is 1. The minimum Gasteiger partial charge on any atom is -0.508 e. The standard InChI is InChI=1S/C58H72N6O10S3/c1-33(2)44-28-52(69)47(13-8-9-21-59)62-56(72)39(25-40-30-75-54-14-7-6-12-43(40)54)26-51(68)48(24-35-16-19-42(66)20-17-35)63-57(73)41(27-50(67)46(60)23-36-15-18-37-10-4-5-11-38(37)22-36)31-76-77-32-49(64-58(44)74)53(70)29-45(34(3)65)55(61)71/h4-7,10-12,14-20,22,30,33-34,39,41,44-49,65-66H,8-9,13,21,23-29,31-32,59-60H2,1-3H3,(H2,61,71)(H,62,72)(H,63,73)(H,64,74)/t34?,39-,41-,44-,45-,46+,47-,48-,49-/m0/s1. The topological polar surface area (TPSA) is 291 Å². The molecule has 77 heavy (non-hydrogen) atoms. The number of rotatable bonds is 19. The lowest BCUT2D eigenvalue weighted by Gasteiger charge is -2.28. The number of ketones is 4. The molecule has 16 nitrogen and oxygen atoms in total. The Hall–Kier alpha value is -5.96. The van der Waals surface area contributed by atoms with E-state index in [0.29, 0.717) is 24.9 Å². The number of nitrogens with two attached hydrogens (primary N) is 3. The van der Waals surface area contributed by atoms with Crippen molar-refractivity contribution in [3.05, 3.63) is 113 Å². The first-order valence-corrected chi connectivity index (χ1v) is 29.6. The van der Waals surface area contributed by atoms with Crippen LogP contribution in [0.5, 0.6) is 5.75 Å². The van der Waals surface area contributed by atoms with E-state index in [1.54, 1.807) is 26.0 Å². The number of fused-ring (bicyclic) bond motifs is 2. The van der Waals surface area contributed by atoms with E-state index in [9.17, 15) is 43.8 Å². The third kappa shape index (κ3) is 17.5. The van der Waals surface area contributed by atoms with Crippen molar-refractivity contribution in [3.8, 4) is 5.75 Å². The molecule has 1 aliphatic heterocycles. The zero-order valence-corrected chi connectivity index (χ0v) is 46.3. The number of nitrogens with one attached hydrogen (secondary N) is 3. The molecule has 0 saturated carbocycles. The third-order valence-corrected chi connectivity index (χ3v) is 17.8. The minimum atomic E-state index is -1.28. The van der Waals surface area contributed by atoms with Crippen LogP contribution in [0.15, 0.2) is 96.4 Å². The molecule has 0 bridgehead atoms. The fraction of sp³-hybridized carbons (Fsp3) is 0.448. The molecule has 0 spiro atoms. The number of thiophene rings is 1. The summed E-state index contributed by atoms with van der Waals surface area (Å²) >= 11 is 1.49. The molecule has 19 heteroatoms. The number of hydrogen-bond acceptors (Lipinski definition) is 15. The van der Waals surface area contributed by atoms with Crippen molar-refractivity contribution in [3.63, 3.8) is 0 Å². The molecule has 0 aliphatic carbocycles. The van der Waals surface area contributed by atoms with Crippen LogP contribution in [0.25, 0.3) is 20.9 Å². The zero-order chi connectivity index (χ0) is 55.8. The Labute approximate surface area is 461 Å². The summed E-state index contributed by atoms with van der Waals surface area (Å²) < 4.78 is 0.972. The van der Waals surface area contributed by atoms with Gasteiger partial charge in [0.2, 0.25) is 23.6 Å². The number of carbonyl (C=O) groups is 8. The number of hydrogen-bond donors (Lipinski definition) is 8. The molecule has 5 aromatic rings. The van der Waals surface area contributed by atoms with Gasteiger partial charge >= 0.3 is 0 Å². The Morgan fingerprint density at radius 1 is 0.727 bits per heavy atom. The normalized spacial score (nSPS) is 21.9. The number of amides is 4. The molecule has 1 fully saturated rings. The number of Topliss-reactive ketones (excluding diaryl/α,β-unsaturated/α-hetero) is 4. The summed E-state index contributed by atoms with van der Waals surface area (Å²) in [5.41, 5.74) is 20.3. The average molecular weight is 1110 g/mol. The second kappa shape index (κ2) is 29.1. The summed E-state index contributed by atoms with van der Waals surface area (Å²) in [6.45, 7) is 5.18. The molecular weight excluding hydrogens is 1040 g/mol.